The summed E-state index contributed by atoms with van der Waals surface area (Å²) < 4.78 is 42.5. The lowest BCUT2D eigenvalue weighted by Gasteiger charge is -2.10. The minimum Gasteiger partial charge on any atom is -0.437 e. The van der Waals surface area contributed by atoms with E-state index in [1.54, 1.807) is 24.3 Å². The predicted molar refractivity (Wildman–Crippen MR) is 70.3 cm³/mol. The molecule has 2 N–H and O–H groups in total. The highest BCUT2D eigenvalue weighted by Gasteiger charge is 2.30. The standard InChI is InChI=1S/C14H11F3N2O/c1-2-9-3-5-12(11(18)7-9)20-13-6-4-10(8-19-13)14(15,16)17/h2-8H,1,18H2. The molecule has 1 heterocycles. The van der Waals surface area contributed by atoms with Crippen molar-refractivity contribution in [2.24, 2.45) is 0 Å². The molecule has 0 aliphatic carbocycles. The van der Waals surface area contributed by atoms with Crippen molar-refractivity contribution in [3.8, 4) is 11.6 Å². The number of pyridine rings is 1. The summed E-state index contributed by atoms with van der Waals surface area (Å²) in [5, 5.41) is 0. The Morgan fingerprint density at radius 2 is 1.95 bits per heavy atom. The third kappa shape index (κ3) is 3.09. The Labute approximate surface area is 113 Å². The van der Waals surface area contributed by atoms with Gasteiger partial charge in [-0.15, -0.1) is 0 Å². The molecule has 0 spiro atoms. The summed E-state index contributed by atoms with van der Waals surface area (Å²) in [4.78, 5) is 3.61. The van der Waals surface area contributed by atoms with Gasteiger partial charge in [0.15, 0.2) is 5.75 Å². The Morgan fingerprint density at radius 1 is 1.20 bits per heavy atom. The van der Waals surface area contributed by atoms with Gasteiger partial charge < -0.3 is 10.5 Å². The zero-order chi connectivity index (χ0) is 14.8. The molecule has 0 aliphatic heterocycles. The number of halogens is 3. The van der Waals surface area contributed by atoms with Crippen LogP contribution in [0.2, 0.25) is 0 Å². The van der Waals surface area contributed by atoms with Crippen molar-refractivity contribution in [2.45, 2.75) is 6.18 Å². The maximum atomic E-state index is 12.4. The van der Waals surface area contributed by atoms with Crippen LogP contribution in [0, 0.1) is 0 Å². The van der Waals surface area contributed by atoms with Gasteiger partial charge in [-0.2, -0.15) is 13.2 Å². The molecule has 6 heteroatoms. The van der Waals surface area contributed by atoms with Crippen molar-refractivity contribution in [3.05, 3.63) is 54.2 Å². The molecule has 3 nitrogen and oxygen atoms in total. The molecule has 0 fully saturated rings. The van der Waals surface area contributed by atoms with Crippen LogP contribution in [0.25, 0.3) is 6.08 Å². The van der Waals surface area contributed by atoms with E-state index in [0.29, 0.717) is 17.6 Å². The van der Waals surface area contributed by atoms with Crippen molar-refractivity contribution >= 4 is 11.8 Å². The lowest BCUT2D eigenvalue weighted by molar-refractivity contribution is -0.137. The molecule has 104 valence electrons. The Hall–Kier alpha value is -2.50. The van der Waals surface area contributed by atoms with Crippen LogP contribution in [-0.2, 0) is 6.18 Å². The second-order valence-electron chi connectivity index (χ2n) is 3.99. The number of anilines is 1. The summed E-state index contributed by atoms with van der Waals surface area (Å²) in [6.45, 7) is 3.60. The number of nitrogens with two attached hydrogens (primary N) is 1. The second-order valence-corrected chi connectivity index (χ2v) is 3.99. The van der Waals surface area contributed by atoms with Crippen molar-refractivity contribution in [1.82, 2.24) is 4.98 Å². The van der Waals surface area contributed by atoms with Crippen LogP contribution in [0.5, 0.6) is 11.6 Å². The maximum absolute atomic E-state index is 12.4. The van der Waals surface area contributed by atoms with E-state index in [-0.39, 0.29) is 5.88 Å². The van der Waals surface area contributed by atoms with Crippen LogP contribution in [0.4, 0.5) is 18.9 Å². The topological polar surface area (TPSA) is 48.1 Å². The van der Waals surface area contributed by atoms with Gasteiger partial charge in [0.1, 0.15) is 0 Å². The van der Waals surface area contributed by atoms with Gasteiger partial charge in [-0.05, 0) is 23.8 Å². The monoisotopic (exact) mass is 280 g/mol. The van der Waals surface area contributed by atoms with Crippen LogP contribution in [0.1, 0.15) is 11.1 Å². The van der Waals surface area contributed by atoms with E-state index in [1.807, 2.05) is 0 Å². The van der Waals surface area contributed by atoms with Crippen LogP contribution < -0.4 is 10.5 Å². The summed E-state index contributed by atoms with van der Waals surface area (Å²) in [5.41, 5.74) is 6.10. The average molecular weight is 280 g/mol. The van der Waals surface area contributed by atoms with E-state index in [1.165, 1.54) is 0 Å². The first kappa shape index (κ1) is 13.9. The van der Waals surface area contributed by atoms with Crippen molar-refractivity contribution in [3.63, 3.8) is 0 Å². The number of aromatic nitrogens is 1. The first-order chi connectivity index (χ1) is 9.40. The Morgan fingerprint density at radius 3 is 2.45 bits per heavy atom. The minimum absolute atomic E-state index is 0.0380. The number of benzene rings is 1. The van der Waals surface area contributed by atoms with Gasteiger partial charge >= 0.3 is 6.18 Å². The highest BCUT2D eigenvalue weighted by molar-refractivity contribution is 5.61. The van der Waals surface area contributed by atoms with Gasteiger partial charge in [0.25, 0.3) is 0 Å². The third-order valence-corrected chi connectivity index (χ3v) is 2.55. The van der Waals surface area contributed by atoms with Crippen molar-refractivity contribution < 1.29 is 17.9 Å². The van der Waals surface area contributed by atoms with Crippen molar-refractivity contribution in [1.29, 1.82) is 0 Å². The highest BCUT2D eigenvalue weighted by Crippen LogP contribution is 2.31. The number of rotatable bonds is 3. The van der Waals surface area contributed by atoms with Crippen LogP contribution in [0.3, 0.4) is 0 Å². The zero-order valence-electron chi connectivity index (χ0n) is 10.3. The summed E-state index contributed by atoms with van der Waals surface area (Å²) >= 11 is 0. The van der Waals surface area contributed by atoms with Gasteiger partial charge in [-0.3, -0.25) is 0 Å². The SMILES string of the molecule is C=Cc1ccc(Oc2ccc(C(F)(F)F)cn2)c(N)c1. The molecule has 0 aliphatic rings. The van der Waals surface area contributed by atoms with E-state index in [4.69, 9.17) is 10.5 Å². The largest absolute Gasteiger partial charge is 0.437 e. The summed E-state index contributed by atoms with van der Waals surface area (Å²) in [6.07, 6.45) is -2.09. The highest BCUT2D eigenvalue weighted by atomic mass is 19.4. The number of hydrogen-bond acceptors (Lipinski definition) is 3. The second kappa shape index (κ2) is 5.24. The molecule has 2 aromatic rings. The molecule has 0 radical (unpaired) electrons. The van der Waals surface area contributed by atoms with Crippen LogP contribution >= 0.6 is 0 Å². The summed E-state index contributed by atoms with van der Waals surface area (Å²) in [5.74, 6) is 0.360. The van der Waals surface area contributed by atoms with Crippen LogP contribution in [-0.4, -0.2) is 4.98 Å². The number of alkyl halides is 3. The van der Waals surface area contributed by atoms with E-state index in [9.17, 15) is 13.2 Å². The molecule has 0 saturated heterocycles. The molecule has 20 heavy (non-hydrogen) atoms. The van der Waals surface area contributed by atoms with Crippen LogP contribution in [0.15, 0.2) is 43.1 Å². The molecule has 2 rings (SSSR count). The van der Waals surface area contributed by atoms with E-state index in [0.717, 1.165) is 17.7 Å². The fraction of sp³-hybridized carbons (Fsp3) is 0.0714. The van der Waals surface area contributed by atoms with Gasteiger partial charge in [-0.25, -0.2) is 4.98 Å². The van der Waals surface area contributed by atoms with Gasteiger partial charge in [-0.1, -0.05) is 18.7 Å². The third-order valence-electron chi connectivity index (χ3n) is 2.55. The Kier molecular flexibility index (Phi) is 3.65. The zero-order valence-corrected chi connectivity index (χ0v) is 10.3. The van der Waals surface area contributed by atoms with E-state index >= 15 is 0 Å². The molecule has 0 unspecified atom stereocenters. The number of nitrogens with zero attached hydrogens (tertiary/aromatic N) is 1. The molecular weight excluding hydrogens is 269 g/mol. The quantitative estimate of drug-likeness (QED) is 0.860. The molecule has 0 bridgehead atoms. The predicted octanol–water partition coefficient (Wildman–Crippen LogP) is 4.12. The smallest absolute Gasteiger partial charge is 0.417 e. The Balaban J connectivity index is 2.20. The first-order valence-electron chi connectivity index (χ1n) is 5.63. The molecule has 0 atom stereocenters. The molecule has 1 aromatic carbocycles. The number of nitrogen functional groups attached to an aromatic ring is 1. The van der Waals surface area contributed by atoms with Gasteiger partial charge in [0.2, 0.25) is 5.88 Å². The lowest BCUT2D eigenvalue weighted by Crippen LogP contribution is -2.05. The number of hydrogen-bond donors (Lipinski definition) is 1. The van der Waals surface area contributed by atoms with E-state index < -0.39 is 11.7 Å². The molecular formula is C14H11F3N2O. The summed E-state index contributed by atoms with van der Waals surface area (Å²) in [6, 6.07) is 7.02. The molecule has 0 saturated carbocycles. The van der Waals surface area contributed by atoms with Gasteiger partial charge in [0.05, 0.1) is 11.3 Å². The van der Waals surface area contributed by atoms with E-state index in [2.05, 4.69) is 11.6 Å². The molecule has 0 amide bonds. The first-order valence-corrected chi connectivity index (χ1v) is 5.63. The van der Waals surface area contributed by atoms with Crippen molar-refractivity contribution in [2.75, 3.05) is 5.73 Å². The normalized spacial score (nSPS) is 11.2. The fourth-order valence-electron chi connectivity index (χ4n) is 1.51. The van der Waals surface area contributed by atoms with Gasteiger partial charge in [0, 0.05) is 12.3 Å². The minimum atomic E-state index is -4.42. The maximum Gasteiger partial charge on any atom is 0.417 e. The average Bonchev–Trinajstić information content (AvgIpc) is 2.40. The molecule has 1 aromatic heterocycles. The summed E-state index contributed by atoms with van der Waals surface area (Å²) in [7, 11) is 0. The Bertz CT molecular complexity index is 621. The number of ether oxygens (including phenoxy) is 1. The lowest BCUT2D eigenvalue weighted by atomic mass is 10.2. The fourth-order valence-corrected chi connectivity index (χ4v) is 1.51.